The number of aliphatic carboxylic acids is 2. The van der Waals surface area contributed by atoms with E-state index in [1.807, 2.05) is 0 Å². The SMILES string of the molecule is C=C(OCC)C(=O)O.CCC(=O)O. The highest BCUT2D eigenvalue weighted by Gasteiger charge is 2.00. The van der Waals surface area contributed by atoms with Gasteiger partial charge in [-0.15, -0.1) is 0 Å². The predicted molar refractivity (Wildman–Crippen MR) is 46.3 cm³/mol. The smallest absolute Gasteiger partial charge is 0.370 e. The Morgan fingerprint density at radius 2 is 1.69 bits per heavy atom. The third-order valence-corrected chi connectivity index (χ3v) is 0.860. The minimum absolute atomic E-state index is 0.201. The van der Waals surface area contributed by atoms with E-state index in [0.717, 1.165) is 0 Å². The minimum Gasteiger partial charge on any atom is -0.487 e. The van der Waals surface area contributed by atoms with Crippen LogP contribution in [0.1, 0.15) is 20.3 Å². The molecule has 13 heavy (non-hydrogen) atoms. The highest BCUT2D eigenvalue weighted by atomic mass is 16.5. The first kappa shape index (κ1) is 14.0. The summed E-state index contributed by atoms with van der Waals surface area (Å²) in [7, 11) is 0. The van der Waals surface area contributed by atoms with Gasteiger partial charge in [-0.1, -0.05) is 6.92 Å². The van der Waals surface area contributed by atoms with Crippen LogP contribution in [0.15, 0.2) is 12.3 Å². The quantitative estimate of drug-likeness (QED) is 0.512. The summed E-state index contributed by atoms with van der Waals surface area (Å²) in [6, 6.07) is 0. The summed E-state index contributed by atoms with van der Waals surface area (Å²) in [4.78, 5) is 19.2. The second-order valence-corrected chi connectivity index (χ2v) is 1.91. The lowest BCUT2D eigenvalue weighted by Crippen LogP contribution is -2.02. The monoisotopic (exact) mass is 190 g/mol. The fourth-order valence-electron chi connectivity index (χ4n) is 0.236. The van der Waals surface area contributed by atoms with Crippen LogP contribution in [-0.2, 0) is 14.3 Å². The Labute approximate surface area is 76.6 Å². The Morgan fingerprint density at radius 1 is 1.31 bits per heavy atom. The lowest BCUT2D eigenvalue weighted by molar-refractivity contribution is -0.137. The van der Waals surface area contributed by atoms with Crippen molar-refractivity contribution in [2.24, 2.45) is 0 Å². The van der Waals surface area contributed by atoms with E-state index in [1.54, 1.807) is 13.8 Å². The van der Waals surface area contributed by atoms with Crippen LogP contribution in [0.4, 0.5) is 0 Å². The molecule has 0 aliphatic carbocycles. The van der Waals surface area contributed by atoms with Crippen LogP contribution in [0.3, 0.4) is 0 Å². The molecule has 0 unspecified atom stereocenters. The summed E-state index contributed by atoms with van der Waals surface area (Å²) >= 11 is 0. The molecule has 0 aromatic carbocycles. The normalized spacial score (nSPS) is 7.85. The number of ether oxygens (including phenoxy) is 1. The third kappa shape index (κ3) is 13.5. The van der Waals surface area contributed by atoms with Crippen LogP contribution in [0, 0.1) is 0 Å². The van der Waals surface area contributed by atoms with Crippen LogP contribution in [0.25, 0.3) is 0 Å². The van der Waals surface area contributed by atoms with Crippen molar-refractivity contribution >= 4 is 11.9 Å². The molecule has 5 heteroatoms. The summed E-state index contributed by atoms with van der Waals surface area (Å²) in [5, 5.41) is 15.8. The largest absolute Gasteiger partial charge is 0.487 e. The van der Waals surface area contributed by atoms with Crippen molar-refractivity contribution in [1.82, 2.24) is 0 Å². The van der Waals surface area contributed by atoms with Gasteiger partial charge in [0.15, 0.2) is 5.76 Å². The van der Waals surface area contributed by atoms with Gasteiger partial charge < -0.3 is 14.9 Å². The van der Waals surface area contributed by atoms with Gasteiger partial charge in [0.2, 0.25) is 0 Å². The fraction of sp³-hybridized carbons (Fsp3) is 0.500. The molecule has 0 saturated carbocycles. The number of rotatable bonds is 4. The highest BCUT2D eigenvalue weighted by Crippen LogP contribution is 1.90. The molecule has 0 radical (unpaired) electrons. The standard InChI is InChI=1S/C5H8O3.C3H6O2/c1-3-8-4(2)5(6)7;1-2-3(4)5/h2-3H2,1H3,(H,6,7);2H2,1H3,(H,4,5). The lowest BCUT2D eigenvalue weighted by atomic mass is 10.5. The molecular formula is C8H14O5. The molecular weight excluding hydrogens is 176 g/mol. The van der Waals surface area contributed by atoms with Crippen molar-refractivity contribution in [3.63, 3.8) is 0 Å². The Morgan fingerprint density at radius 3 is 1.77 bits per heavy atom. The van der Waals surface area contributed by atoms with Crippen LogP contribution in [0.5, 0.6) is 0 Å². The molecule has 76 valence electrons. The Bertz CT molecular complexity index is 185. The molecule has 0 rings (SSSR count). The molecule has 0 bridgehead atoms. The van der Waals surface area contributed by atoms with E-state index in [2.05, 4.69) is 11.3 Å². The maximum absolute atomic E-state index is 9.86. The van der Waals surface area contributed by atoms with Crippen molar-refractivity contribution in [2.75, 3.05) is 6.61 Å². The van der Waals surface area contributed by atoms with Gasteiger partial charge in [0.05, 0.1) is 6.61 Å². The molecule has 0 saturated heterocycles. The zero-order chi connectivity index (χ0) is 10.9. The van der Waals surface area contributed by atoms with E-state index in [4.69, 9.17) is 10.2 Å². The summed E-state index contributed by atoms with van der Waals surface area (Å²) in [5.74, 6) is -2.05. The second kappa shape index (κ2) is 8.58. The van der Waals surface area contributed by atoms with Gasteiger partial charge in [0.25, 0.3) is 0 Å². The Kier molecular flexibility index (Phi) is 9.25. The molecule has 0 atom stereocenters. The number of carboxylic acids is 2. The molecule has 0 aromatic heterocycles. The van der Waals surface area contributed by atoms with Crippen molar-refractivity contribution in [1.29, 1.82) is 0 Å². The van der Waals surface area contributed by atoms with Crippen LogP contribution in [-0.4, -0.2) is 28.8 Å². The fourth-order valence-corrected chi connectivity index (χ4v) is 0.236. The third-order valence-electron chi connectivity index (χ3n) is 0.860. The molecule has 0 spiro atoms. The van der Waals surface area contributed by atoms with Gasteiger partial charge in [-0.3, -0.25) is 4.79 Å². The van der Waals surface area contributed by atoms with E-state index in [0.29, 0.717) is 6.61 Å². The summed E-state index contributed by atoms with van der Waals surface area (Å²) in [5.41, 5.74) is 0. The number of carbonyl (C=O) groups is 2. The number of hydrogen-bond acceptors (Lipinski definition) is 3. The molecule has 5 nitrogen and oxygen atoms in total. The van der Waals surface area contributed by atoms with Crippen molar-refractivity contribution in [3.05, 3.63) is 12.3 Å². The van der Waals surface area contributed by atoms with E-state index >= 15 is 0 Å². The zero-order valence-electron chi connectivity index (χ0n) is 7.74. The molecule has 0 amide bonds. The first-order chi connectivity index (χ1) is 5.95. The van der Waals surface area contributed by atoms with Gasteiger partial charge >= 0.3 is 11.9 Å². The average molecular weight is 190 g/mol. The summed E-state index contributed by atoms with van der Waals surface area (Å²) < 4.78 is 4.51. The first-order valence-electron chi connectivity index (χ1n) is 3.72. The van der Waals surface area contributed by atoms with Crippen molar-refractivity contribution in [3.8, 4) is 0 Å². The van der Waals surface area contributed by atoms with Gasteiger partial charge in [-0.2, -0.15) is 0 Å². The Balaban J connectivity index is 0. The second-order valence-electron chi connectivity index (χ2n) is 1.91. The predicted octanol–water partition coefficient (Wildman–Crippen LogP) is 1.10. The average Bonchev–Trinajstić information content (AvgIpc) is 2.06. The maximum Gasteiger partial charge on any atom is 0.370 e. The summed E-state index contributed by atoms with van der Waals surface area (Å²) in [6.45, 7) is 6.78. The van der Waals surface area contributed by atoms with Gasteiger partial charge in [-0.25, -0.2) is 4.79 Å². The summed E-state index contributed by atoms with van der Waals surface area (Å²) in [6.07, 6.45) is 0.222. The molecule has 0 fully saturated rings. The molecule has 0 heterocycles. The van der Waals surface area contributed by atoms with Crippen LogP contribution < -0.4 is 0 Å². The lowest BCUT2D eigenvalue weighted by Gasteiger charge is -1.97. The molecule has 0 aliphatic heterocycles. The van der Waals surface area contributed by atoms with E-state index in [-0.39, 0.29) is 12.2 Å². The molecule has 0 aromatic rings. The Hall–Kier alpha value is -1.52. The van der Waals surface area contributed by atoms with Gasteiger partial charge in [-0.05, 0) is 13.5 Å². The van der Waals surface area contributed by atoms with Gasteiger partial charge in [0.1, 0.15) is 0 Å². The topological polar surface area (TPSA) is 83.8 Å². The van der Waals surface area contributed by atoms with Crippen LogP contribution in [0.2, 0.25) is 0 Å². The van der Waals surface area contributed by atoms with E-state index in [1.165, 1.54) is 0 Å². The van der Waals surface area contributed by atoms with Crippen molar-refractivity contribution in [2.45, 2.75) is 20.3 Å². The molecule has 0 aliphatic rings. The van der Waals surface area contributed by atoms with E-state index < -0.39 is 11.9 Å². The maximum atomic E-state index is 9.86. The number of carboxylic acid groups (broad SMARTS) is 2. The van der Waals surface area contributed by atoms with Crippen molar-refractivity contribution < 1.29 is 24.5 Å². The van der Waals surface area contributed by atoms with Crippen LogP contribution >= 0.6 is 0 Å². The minimum atomic E-state index is -1.10. The zero-order valence-corrected chi connectivity index (χ0v) is 7.74. The molecule has 2 N–H and O–H groups in total. The number of hydrogen-bond donors (Lipinski definition) is 2. The van der Waals surface area contributed by atoms with Gasteiger partial charge in [0, 0.05) is 6.42 Å². The highest BCUT2D eigenvalue weighted by molar-refractivity contribution is 5.83. The first-order valence-corrected chi connectivity index (χ1v) is 3.72. The van der Waals surface area contributed by atoms with E-state index in [9.17, 15) is 9.59 Å².